The molecule has 0 saturated carbocycles. The van der Waals surface area contributed by atoms with Crippen LogP contribution >= 0.6 is 0 Å². The van der Waals surface area contributed by atoms with Gasteiger partial charge in [0, 0.05) is 5.56 Å². The summed E-state index contributed by atoms with van der Waals surface area (Å²) in [5.41, 5.74) is 1.69. The molecule has 2 aromatic carbocycles. The van der Waals surface area contributed by atoms with Crippen molar-refractivity contribution in [2.45, 2.75) is 13.5 Å². The van der Waals surface area contributed by atoms with Gasteiger partial charge in [0.15, 0.2) is 5.78 Å². The molecule has 0 aliphatic heterocycles. The van der Waals surface area contributed by atoms with E-state index in [1.165, 1.54) is 14.0 Å². The monoisotopic (exact) mass is 284 g/mol. The molecule has 0 radical (unpaired) electrons. The zero-order valence-electron chi connectivity index (χ0n) is 12.0. The number of ketones is 1. The van der Waals surface area contributed by atoms with Gasteiger partial charge in [-0.15, -0.1) is 0 Å². The smallest absolute Gasteiger partial charge is 0.338 e. The molecular formula is C17H16O4. The van der Waals surface area contributed by atoms with E-state index in [-0.39, 0.29) is 12.4 Å². The van der Waals surface area contributed by atoms with Crippen molar-refractivity contribution in [2.75, 3.05) is 7.11 Å². The number of carbonyl (C=O) groups is 2. The molecule has 21 heavy (non-hydrogen) atoms. The Morgan fingerprint density at radius 2 is 1.57 bits per heavy atom. The lowest BCUT2D eigenvalue weighted by atomic mass is 10.1. The first kappa shape index (κ1) is 14.8. The van der Waals surface area contributed by atoms with Crippen molar-refractivity contribution in [3.63, 3.8) is 0 Å². The fraction of sp³-hybridized carbons (Fsp3) is 0.176. The van der Waals surface area contributed by atoms with Gasteiger partial charge in [-0.05, 0) is 25.1 Å². The SMILES string of the molecule is COC(=O)c1ccccc1COc1ccccc1C(C)=O. The van der Waals surface area contributed by atoms with Crippen LogP contribution in [0.15, 0.2) is 48.5 Å². The van der Waals surface area contributed by atoms with Crippen LogP contribution in [0, 0.1) is 0 Å². The molecule has 0 saturated heterocycles. The van der Waals surface area contributed by atoms with Crippen LogP contribution in [0.2, 0.25) is 0 Å². The number of benzene rings is 2. The summed E-state index contributed by atoms with van der Waals surface area (Å²) in [6, 6.07) is 14.1. The molecule has 0 aliphatic rings. The van der Waals surface area contributed by atoms with Gasteiger partial charge in [0.05, 0.1) is 18.2 Å². The van der Waals surface area contributed by atoms with E-state index in [2.05, 4.69) is 0 Å². The van der Waals surface area contributed by atoms with Gasteiger partial charge in [-0.25, -0.2) is 4.79 Å². The van der Waals surface area contributed by atoms with Gasteiger partial charge in [-0.2, -0.15) is 0 Å². The van der Waals surface area contributed by atoms with Crippen molar-refractivity contribution in [1.82, 2.24) is 0 Å². The number of rotatable bonds is 5. The predicted molar refractivity (Wildman–Crippen MR) is 78.6 cm³/mol. The van der Waals surface area contributed by atoms with Crippen molar-refractivity contribution in [1.29, 1.82) is 0 Å². The average molecular weight is 284 g/mol. The van der Waals surface area contributed by atoms with E-state index < -0.39 is 5.97 Å². The maximum Gasteiger partial charge on any atom is 0.338 e. The van der Waals surface area contributed by atoms with Crippen LogP contribution in [0.25, 0.3) is 0 Å². The van der Waals surface area contributed by atoms with Gasteiger partial charge in [-0.1, -0.05) is 30.3 Å². The van der Waals surface area contributed by atoms with Crippen molar-refractivity contribution >= 4 is 11.8 Å². The molecule has 0 aromatic heterocycles. The Hall–Kier alpha value is -2.62. The summed E-state index contributed by atoms with van der Waals surface area (Å²) in [4.78, 5) is 23.2. The number of methoxy groups -OCH3 is 1. The largest absolute Gasteiger partial charge is 0.488 e. The zero-order chi connectivity index (χ0) is 15.2. The highest BCUT2D eigenvalue weighted by Gasteiger charge is 2.13. The van der Waals surface area contributed by atoms with Crippen LogP contribution < -0.4 is 4.74 Å². The highest BCUT2D eigenvalue weighted by Crippen LogP contribution is 2.21. The van der Waals surface area contributed by atoms with Gasteiger partial charge in [0.25, 0.3) is 0 Å². The second-order valence-electron chi connectivity index (χ2n) is 4.49. The Morgan fingerprint density at radius 3 is 2.24 bits per heavy atom. The molecule has 0 heterocycles. The number of Topliss-reactive ketones (excluding diaryl/α,β-unsaturated/α-hetero) is 1. The third-order valence-corrected chi connectivity index (χ3v) is 3.07. The highest BCUT2D eigenvalue weighted by atomic mass is 16.5. The molecular weight excluding hydrogens is 268 g/mol. The lowest BCUT2D eigenvalue weighted by Gasteiger charge is -2.11. The number of esters is 1. The summed E-state index contributed by atoms with van der Waals surface area (Å²) >= 11 is 0. The third-order valence-electron chi connectivity index (χ3n) is 3.07. The van der Waals surface area contributed by atoms with E-state index in [1.807, 2.05) is 6.07 Å². The first-order chi connectivity index (χ1) is 10.1. The van der Waals surface area contributed by atoms with E-state index in [4.69, 9.17) is 9.47 Å². The first-order valence-corrected chi connectivity index (χ1v) is 6.52. The second kappa shape index (κ2) is 6.70. The van der Waals surface area contributed by atoms with Crippen molar-refractivity contribution in [2.24, 2.45) is 0 Å². The second-order valence-corrected chi connectivity index (χ2v) is 4.49. The maximum atomic E-state index is 11.7. The molecule has 2 aromatic rings. The molecule has 0 aliphatic carbocycles. The summed E-state index contributed by atoms with van der Waals surface area (Å²) in [7, 11) is 1.34. The molecule has 0 N–H and O–H groups in total. The van der Waals surface area contributed by atoms with Crippen LogP contribution in [0.4, 0.5) is 0 Å². The number of hydrogen-bond donors (Lipinski definition) is 0. The molecule has 4 heteroatoms. The topological polar surface area (TPSA) is 52.6 Å². The van der Waals surface area contributed by atoms with Crippen LogP contribution in [0.3, 0.4) is 0 Å². The predicted octanol–water partition coefficient (Wildman–Crippen LogP) is 3.25. The lowest BCUT2D eigenvalue weighted by molar-refractivity contribution is 0.0597. The zero-order valence-corrected chi connectivity index (χ0v) is 12.0. The number of para-hydroxylation sites is 1. The van der Waals surface area contributed by atoms with E-state index in [0.29, 0.717) is 22.4 Å². The Labute approximate surface area is 123 Å². The fourth-order valence-electron chi connectivity index (χ4n) is 1.99. The van der Waals surface area contributed by atoms with E-state index in [1.54, 1.807) is 42.5 Å². The Kier molecular flexibility index (Phi) is 4.72. The Bertz CT molecular complexity index is 661. The molecule has 4 nitrogen and oxygen atoms in total. The van der Waals surface area contributed by atoms with Gasteiger partial charge in [0.2, 0.25) is 0 Å². The normalized spacial score (nSPS) is 10.0. The molecule has 0 fully saturated rings. The summed E-state index contributed by atoms with van der Waals surface area (Å²) < 4.78 is 10.4. The van der Waals surface area contributed by atoms with Gasteiger partial charge in [0.1, 0.15) is 12.4 Å². The summed E-state index contributed by atoms with van der Waals surface area (Å²) in [5, 5.41) is 0. The number of carbonyl (C=O) groups excluding carboxylic acids is 2. The van der Waals surface area contributed by atoms with E-state index in [9.17, 15) is 9.59 Å². The molecule has 0 bridgehead atoms. The standard InChI is InChI=1S/C17H16O4/c1-12(18)14-8-5-6-10-16(14)21-11-13-7-3-4-9-15(13)17(19)20-2/h3-10H,11H2,1-2H3. The first-order valence-electron chi connectivity index (χ1n) is 6.52. The molecule has 0 spiro atoms. The van der Waals surface area contributed by atoms with Gasteiger partial charge < -0.3 is 9.47 Å². The van der Waals surface area contributed by atoms with Crippen LogP contribution in [-0.4, -0.2) is 18.9 Å². The van der Waals surface area contributed by atoms with E-state index in [0.717, 1.165) is 0 Å². The highest BCUT2D eigenvalue weighted by molar-refractivity contribution is 5.96. The Balaban J connectivity index is 2.21. The molecule has 2 rings (SSSR count). The van der Waals surface area contributed by atoms with Gasteiger partial charge in [-0.3, -0.25) is 4.79 Å². The summed E-state index contributed by atoms with van der Waals surface area (Å²) in [6.07, 6.45) is 0. The quantitative estimate of drug-likeness (QED) is 0.624. The number of ether oxygens (including phenoxy) is 2. The van der Waals surface area contributed by atoms with Gasteiger partial charge >= 0.3 is 5.97 Å². The summed E-state index contributed by atoms with van der Waals surface area (Å²) in [5.74, 6) is 0.0329. The van der Waals surface area contributed by atoms with Crippen LogP contribution in [0.1, 0.15) is 33.2 Å². The Morgan fingerprint density at radius 1 is 0.952 bits per heavy atom. The minimum atomic E-state index is -0.408. The maximum absolute atomic E-state index is 11.7. The lowest BCUT2D eigenvalue weighted by Crippen LogP contribution is -2.08. The van der Waals surface area contributed by atoms with Crippen LogP contribution in [-0.2, 0) is 11.3 Å². The number of hydrogen-bond acceptors (Lipinski definition) is 4. The molecule has 0 atom stereocenters. The average Bonchev–Trinajstić information content (AvgIpc) is 2.52. The molecule has 0 unspecified atom stereocenters. The van der Waals surface area contributed by atoms with Crippen molar-refractivity contribution in [3.8, 4) is 5.75 Å². The third kappa shape index (κ3) is 3.48. The summed E-state index contributed by atoms with van der Waals surface area (Å²) in [6.45, 7) is 1.68. The minimum absolute atomic E-state index is 0.0631. The molecule has 108 valence electrons. The van der Waals surface area contributed by atoms with E-state index >= 15 is 0 Å². The van der Waals surface area contributed by atoms with Crippen LogP contribution in [0.5, 0.6) is 5.75 Å². The minimum Gasteiger partial charge on any atom is -0.488 e. The molecule has 0 amide bonds. The van der Waals surface area contributed by atoms with Crippen molar-refractivity contribution < 1.29 is 19.1 Å². The van der Waals surface area contributed by atoms with Crippen molar-refractivity contribution in [3.05, 3.63) is 65.2 Å². The fourth-order valence-corrected chi connectivity index (χ4v) is 1.99.